The van der Waals surface area contributed by atoms with E-state index in [4.69, 9.17) is 4.74 Å². The summed E-state index contributed by atoms with van der Waals surface area (Å²) in [4.78, 5) is 27.8. The van der Waals surface area contributed by atoms with Crippen LogP contribution in [0.15, 0.2) is 0 Å². The molecule has 0 aromatic heterocycles. The van der Waals surface area contributed by atoms with Crippen LogP contribution >= 0.6 is 0 Å². The average molecular weight is 325 g/mol. The van der Waals surface area contributed by atoms with Crippen molar-refractivity contribution in [3.8, 4) is 0 Å². The first-order chi connectivity index (χ1) is 10.5. The molecule has 132 valence electrons. The molecule has 1 aliphatic carbocycles. The van der Waals surface area contributed by atoms with Crippen LogP contribution in [0.2, 0.25) is 0 Å². The summed E-state index contributed by atoms with van der Waals surface area (Å²) in [6.45, 7) is 11.4. The molecule has 2 amide bonds. The van der Waals surface area contributed by atoms with Crippen molar-refractivity contribution in [1.29, 1.82) is 0 Å². The highest BCUT2D eigenvalue weighted by Gasteiger charge is 2.62. The number of nitrogens with one attached hydrogen (secondary N) is 1. The topological polar surface area (TPSA) is 61.9 Å². The molecule has 2 atom stereocenters. The molecule has 1 saturated heterocycles. The number of alkyl carbamates (subject to hydrolysis) is 1. The van der Waals surface area contributed by atoms with Gasteiger partial charge in [-0.05, 0) is 31.3 Å². The zero-order chi connectivity index (χ0) is 17.4. The minimum Gasteiger partial charge on any atom is -0.449 e. The maximum atomic E-state index is 12.1. The fraction of sp³-hybridized carbons (Fsp3) is 0.882. The summed E-state index contributed by atoms with van der Waals surface area (Å²) in [5.41, 5.74) is 0.272. The number of hydrogen-bond donors (Lipinski definition) is 1. The number of ether oxygens (including phenoxy) is 1. The van der Waals surface area contributed by atoms with E-state index in [0.29, 0.717) is 23.9 Å². The molecule has 0 aromatic carbocycles. The average Bonchev–Trinajstić information content (AvgIpc) is 2.80. The normalized spacial score (nSPS) is 25.3. The van der Waals surface area contributed by atoms with Gasteiger partial charge in [-0.25, -0.2) is 4.79 Å². The van der Waals surface area contributed by atoms with Crippen molar-refractivity contribution < 1.29 is 14.3 Å². The van der Waals surface area contributed by atoms with E-state index in [1.807, 2.05) is 32.8 Å². The molecule has 1 N–H and O–H groups in total. The minimum absolute atomic E-state index is 0.0162. The van der Waals surface area contributed by atoms with Crippen molar-refractivity contribution in [2.45, 2.75) is 27.7 Å². The van der Waals surface area contributed by atoms with E-state index in [1.165, 1.54) is 0 Å². The lowest BCUT2D eigenvalue weighted by molar-refractivity contribution is -0.130. The smallest absolute Gasteiger partial charge is 0.407 e. The van der Waals surface area contributed by atoms with Crippen molar-refractivity contribution in [3.05, 3.63) is 0 Å². The van der Waals surface area contributed by atoms with Crippen LogP contribution in [0.1, 0.15) is 27.7 Å². The van der Waals surface area contributed by atoms with Gasteiger partial charge in [0, 0.05) is 25.0 Å². The highest BCUT2D eigenvalue weighted by Crippen LogP contribution is 2.61. The predicted molar refractivity (Wildman–Crippen MR) is 89.0 cm³/mol. The molecule has 0 aromatic rings. The number of rotatable bonds is 6. The second-order valence-corrected chi connectivity index (χ2v) is 8.66. The monoisotopic (exact) mass is 325 g/mol. The lowest BCUT2D eigenvalue weighted by Crippen LogP contribution is -2.42. The number of fused-ring (bicyclic) bond motifs is 1. The van der Waals surface area contributed by atoms with Crippen LogP contribution < -0.4 is 5.32 Å². The van der Waals surface area contributed by atoms with Crippen LogP contribution in [-0.4, -0.2) is 68.7 Å². The Balaban J connectivity index is 1.64. The van der Waals surface area contributed by atoms with Gasteiger partial charge in [0.1, 0.15) is 6.54 Å². The van der Waals surface area contributed by atoms with Gasteiger partial charge in [0.25, 0.3) is 0 Å². The number of carbonyl (C=O) groups is 2. The summed E-state index contributed by atoms with van der Waals surface area (Å²) < 4.78 is 5.24. The van der Waals surface area contributed by atoms with E-state index in [-0.39, 0.29) is 17.9 Å². The zero-order valence-electron chi connectivity index (χ0n) is 15.3. The van der Waals surface area contributed by atoms with Gasteiger partial charge in [0.05, 0.1) is 6.61 Å². The van der Waals surface area contributed by atoms with E-state index >= 15 is 0 Å². The molecule has 1 saturated carbocycles. The van der Waals surface area contributed by atoms with Crippen molar-refractivity contribution in [2.75, 3.05) is 46.9 Å². The number of likely N-dealkylation sites (tertiary alicyclic amines) is 1. The van der Waals surface area contributed by atoms with Crippen LogP contribution in [-0.2, 0) is 9.53 Å². The van der Waals surface area contributed by atoms with Crippen LogP contribution in [0.3, 0.4) is 0 Å². The first-order valence-electron chi connectivity index (χ1n) is 8.36. The van der Waals surface area contributed by atoms with Crippen LogP contribution in [0, 0.1) is 22.7 Å². The second kappa shape index (κ2) is 6.30. The Kier molecular flexibility index (Phi) is 4.95. The maximum Gasteiger partial charge on any atom is 0.407 e. The summed E-state index contributed by atoms with van der Waals surface area (Å²) in [5.74, 6) is 1.24. The van der Waals surface area contributed by atoms with Crippen molar-refractivity contribution in [2.24, 2.45) is 22.7 Å². The quantitative estimate of drug-likeness (QED) is 0.802. The van der Waals surface area contributed by atoms with E-state index < -0.39 is 6.09 Å². The Bertz CT molecular complexity index is 460. The van der Waals surface area contributed by atoms with Crippen molar-refractivity contribution >= 4 is 12.0 Å². The molecule has 1 heterocycles. The summed E-state index contributed by atoms with van der Waals surface area (Å²) in [6.07, 6.45) is -0.519. The fourth-order valence-corrected chi connectivity index (χ4v) is 3.81. The second-order valence-electron chi connectivity index (χ2n) is 8.66. The van der Waals surface area contributed by atoms with Crippen LogP contribution in [0.5, 0.6) is 0 Å². The maximum absolute atomic E-state index is 12.1. The Morgan fingerprint density at radius 2 is 1.83 bits per heavy atom. The third-order valence-corrected chi connectivity index (χ3v) is 5.20. The standard InChI is InChI=1S/C17H31N3O3/c1-16(2,10-19(5)6)11-23-15(22)18-7-14(21)20-8-12-13(9-20)17(12,3)4/h12-13H,7-11H2,1-6H3,(H,18,22)/t12-,13+. The molecular weight excluding hydrogens is 294 g/mol. The van der Waals surface area contributed by atoms with Crippen LogP contribution in [0.4, 0.5) is 4.79 Å². The molecule has 23 heavy (non-hydrogen) atoms. The van der Waals surface area contributed by atoms with Gasteiger partial charge in [0.2, 0.25) is 5.91 Å². The van der Waals surface area contributed by atoms with Gasteiger partial charge >= 0.3 is 6.09 Å². The number of carbonyl (C=O) groups excluding carboxylic acids is 2. The molecule has 0 bridgehead atoms. The number of nitrogens with zero attached hydrogens (tertiary/aromatic N) is 2. The van der Waals surface area contributed by atoms with Gasteiger partial charge in [-0.3, -0.25) is 4.79 Å². The lowest BCUT2D eigenvalue weighted by atomic mass is 9.94. The molecule has 6 heteroatoms. The molecular formula is C17H31N3O3. The highest BCUT2D eigenvalue weighted by atomic mass is 16.5. The molecule has 1 aliphatic heterocycles. The number of piperidine rings is 1. The van der Waals surface area contributed by atoms with E-state index in [0.717, 1.165) is 19.6 Å². The van der Waals surface area contributed by atoms with Crippen LogP contribution in [0.25, 0.3) is 0 Å². The number of hydrogen-bond acceptors (Lipinski definition) is 4. The molecule has 6 nitrogen and oxygen atoms in total. The largest absolute Gasteiger partial charge is 0.449 e. The Hall–Kier alpha value is -1.30. The Labute approximate surface area is 139 Å². The summed E-state index contributed by atoms with van der Waals surface area (Å²) in [6, 6.07) is 0. The molecule has 0 spiro atoms. The Morgan fingerprint density at radius 3 is 2.35 bits per heavy atom. The minimum atomic E-state index is -0.519. The first-order valence-corrected chi connectivity index (χ1v) is 8.36. The van der Waals surface area contributed by atoms with E-state index in [2.05, 4.69) is 24.1 Å². The molecule has 0 unspecified atom stereocenters. The molecule has 2 aliphatic rings. The summed E-state index contributed by atoms with van der Waals surface area (Å²) >= 11 is 0. The SMILES string of the molecule is CN(C)CC(C)(C)COC(=O)NCC(=O)N1C[C@@H]2[C@H](C1)C2(C)C. The van der Waals surface area contributed by atoms with Crippen molar-refractivity contribution in [1.82, 2.24) is 15.1 Å². The number of amides is 2. The van der Waals surface area contributed by atoms with Gasteiger partial charge < -0.3 is 19.9 Å². The molecule has 0 radical (unpaired) electrons. The summed E-state index contributed by atoms with van der Waals surface area (Å²) in [7, 11) is 3.98. The predicted octanol–water partition coefficient (Wildman–Crippen LogP) is 1.41. The highest BCUT2D eigenvalue weighted by molar-refractivity contribution is 5.82. The van der Waals surface area contributed by atoms with Crippen molar-refractivity contribution in [3.63, 3.8) is 0 Å². The third kappa shape index (κ3) is 4.37. The molecule has 2 rings (SSSR count). The first kappa shape index (κ1) is 18.0. The Morgan fingerprint density at radius 1 is 1.26 bits per heavy atom. The van der Waals surface area contributed by atoms with Gasteiger partial charge in [0.15, 0.2) is 0 Å². The zero-order valence-corrected chi connectivity index (χ0v) is 15.3. The summed E-state index contributed by atoms with van der Waals surface area (Å²) in [5, 5.41) is 2.57. The van der Waals surface area contributed by atoms with Gasteiger partial charge in [-0.1, -0.05) is 27.7 Å². The van der Waals surface area contributed by atoms with Gasteiger partial charge in [-0.15, -0.1) is 0 Å². The molecule has 2 fully saturated rings. The lowest BCUT2D eigenvalue weighted by Gasteiger charge is -2.27. The van der Waals surface area contributed by atoms with E-state index in [1.54, 1.807) is 0 Å². The fourth-order valence-electron chi connectivity index (χ4n) is 3.81. The van der Waals surface area contributed by atoms with E-state index in [9.17, 15) is 9.59 Å². The van der Waals surface area contributed by atoms with Gasteiger partial charge in [-0.2, -0.15) is 0 Å². The third-order valence-electron chi connectivity index (χ3n) is 5.20.